The van der Waals surface area contributed by atoms with Crippen molar-refractivity contribution in [3.05, 3.63) is 57.4 Å². The van der Waals surface area contributed by atoms with Gasteiger partial charge in [0.15, 0.2) is 11.5 Å². The van der Waals surface area contributed by atoms with Crippen molar-refractivity contribution in [1.82, 2.24) is 0 Å². The molecule has 0 bridgehead atoms. The van der Waals surface area contributed by atoms with Crippen LogP contribution < -0.4 is 24.6 Å². The van der Waals surface area contributed by atoms with E-state index in [2.05, 4.69) is 0 Å². The van der Waals surface area contributed by atoms with Crippen molar-refractivity contribution in [2.45, 2.75) is 33.5 Å². The lowest BCUT2D eigenvalue weighted by molar-refractivity contribution is 0.0465. The molecular weight excluding hydrogens is 416 g/mol. The van der Waals surface area contributed by atoms with Crippen molar-refractivity contribution in [2.24, 2.45) is 0 Å². The fraction of sp³-hybridized carbons (Fsp3) is 0.333. The third-order valence-electron chi connectivity index (χ3n) is 4.82. The standard InChI is InChI=1S/C24H26O8/c1-13(2)31-18-8-7-15-14(3)9-22(25)32-23(15)17(18)12-30-24(26)16-10-20(28-5)21(29-6)11-19(16)27-4/h7-11,13H,12H2,1-6H3. The third-order valence-corrected chi connectivity index (χ3v) is 4.82. The van der Waals surface area contributed by atoms with E-state index in [1.807, 2.05) is 26.8 Å². The summed E-state index contributed by atoms with van der Waals surface area (Å²) in [7, 11) is 4.39. The molecule has 0 spiro atoms. The van der Waals surface area contributed by atoms with Crippen LogP contribution in [0.2, 0.25) is 0 Å². The number of aryl methyl sites for hydroxylation is 1. The highest BCUT2D eigenvalue weighted by molar-refractivity contribution is 5.94. The van der Waals surface area contributed by atoms with E-state index in [0.717, 1.165) is 10.9 Å². The zero-order valence-corrected chi connectivity index (χ0v) is 18.9. The Kier molecular flexibility index (Phi) is 6.92. The van der Waals surface area contributed by atoms with Gasteiger partial charge in [-0.3, -0.25) is 0 Å². The van der Waals surface area contributed by atoms with Crippen molar-refractivity contribution >= 4 is 16.9 Å². The van der Waals surface area contributed by atoms with Gasteiger partial charge in [-0.1, -0.05) is 0 Å². The van der Waals surface area contributed by atoms with Gasteiger partial charge in [0, 0.05) is 23.6 Å². The second-order valence-electron chi connectivity index (χ2n) is 7.32. The molecule has 2 aromatic carbocycles. The molecule has 0 saturated heterocycles. The van der Waals surface area contributed by atoms with Crippen LogP contribution >= 0.6 is 0 Å². The molecular formula is C24H26O8. The SMILES string of the molecule is COc1cc(OC)c(C(=O)OCc2c(OC(C)C)ccc3c(C)cc(=O)oc23)cc1OC. The third kappa shape index (κ3) is 4.64. The molecule has 0 fully saturated rings. The highest BCUT2D eigenvalue weighted by atomic mass is 16.5. The van der Waals surface area contributed by atoms with Gasteiger partial charge in [-0.05, 0) is 38.5 Å². The Balaban J connectivity index is 2.01. The quantitative estimate of drug-likeness (QED) is 0.377. The van der Waals surface area contributed by atoms with Crippen LogP contribution in [0.3, 0.4) is 0 Å². The summed E-state index contributed by atoms with van der Waals surface area (Å²) in [6.45, 7) is 5.39. The molecule has 0 radical (unpaired) electrons. The molecule has 0 saturated carbocycles. The molecule has 3 rings (SSSR count). The van der Waals surface area contributed by atoms with Crippen LogP contribution in [0.5, 0.6) is 23.0 Å². The maximum atomic E-state index is 12.9. The van der Waals surface area contributed by atoms with Gasteiger partial charge in [-0.15, -0.1) is 0 Å². The van der Waals surface area contributed by atoms with Crippen molar-refractivity contribution in [2.75, 3.05) is 21.3 Å². The number of esters is 1. The summed E-state index contributed by atoms with van der Waals surface area (Å²) < 4.78 is 32.8. The first-order valence-corrected chi connectivity index (χ1v) is 9.99. The summed E-state index contributed by atoms with van der Waals surface area (Å²) in [5.74, 6) is 0.862. The van der Waals surface area contributed by atoms with Gasteiger partial charge in [-0.25, -0.2) is 9.59 Å². The zero-order chi connectivity index (χ0) is 23.4. The molecule has 0 aliphatic rings. The Morgan fingerprint density at radius 1 is 0.938 bits per heavy atom. The fourth-order valence-electron chi connectivity index (χ4n) is 3.33. The first-order chi connectivity index (χ1) is 15.3. The van der Waals surface area contributed by atoms with Crippen LogP contribution in [0, 0.1) is 6.92 Å². The first kappa shape index (κ1) is 23.0. The maximum Gasteiger partial charge on any atom is 0.342 e. The molecule has 0 atom stereocenters. The molecule has 32 heavy (non-hydrogen) atoms. The van der Waals surface area contributed by atoms with E-state index in [-0.39, 0.29) is 24.0 Å². The lowest BCUT2D eigenvalue weighted by atomic mass is 10.1. The fourth-order valence-corrected chi connectivity index (χ4v) is 3.33. The monoisotopic (exact) mass is 442 g/mol. The Hall–Kier alpha value is -3.68. The molecule has 0 N–H and O–H groups in total. The molecule has 170 valence electrons. The summed E-state index contributed by atoms with van der Waals surface area (Å²) in [4.78, 5) is 24.9. The lowest BCUT2D eigenvalue weighted by Crippen LogP contribution is -2.12. The summed E-state index contributed by atoms with van der Waals surface area (Å²) >= 11 is 0. The minimum atomic E-state index is -0.648. The second kappa shape index (κ2) is 9.64. The number of fused-ring (bicyclic) bond motifs is 1. The van der Waals surface area contributed by atoms with Gasteiger partial charge in [0.05, 0.1) is 33.0 Å². The molecule has 0 unspecified atom stereocenters. The number of ether oxygens (including phenoxy) is 5. The predicted octanol–water partition coefficient (Wildman–Crippen LogP) is 4.27. The van der Waals surface area contributed by atoms with E-state index in [9.17, 15) is 9.59 Å². The van der Waals surface area contributed by atoms with Crippen LogP contribution in [-0.2, 0) is 11.3 Å². The van der Waals surface area contributed by atoms with Gasteiger partial charge < -0.3 is 28.1 Å². The second-order valence-corrected chi connectivity index (χ2v) is 7.32. The average molecular weight is 442 g/mol. The van der Waals surface area contributed by atoms with Crippen LogP contribution in [0.15, 0.2) is 39.5 Å². The van der Waals surface area contributed by atoms with Gasteiger partial charge in [-0.2, -0.15) is 0 Å². The molecule has 1 aromatic heterocycles. The summed E-state index contributed by atoms with van der Waals surface area (Å²) in [6, 6.07) is 8.03. The Labute approximate surface area is 185 Å². The number of methoxy groups -OCH3 is 3. The number of rotatable bonds is 8. The van der Waals surface area contributed by atoms with Gasteiger partial charge in [0.2, 0.25) is 0 Å². The van der Waals surface area contributed by atoms with Gasteiger partial charge in [0.1, 0.15) is 29.3 Å². The van der Waals surface area contributed by atoms with E-state index in [0.29, 0.717) is 28.4 Å². The highest BCUT2D eigenvalue weighted by Gasteiger charge is 2.21. The molecule has 8 heteroatoms. The molecule has 0 aliphatic heterocycles. The van der Waals surface area contributed by atoms with E-state index in [1.54, 1.807) is 12.1 Å². The van der Waals surface area contributed by atoms with Gasteiger partial charge in [0.25, 0.3) is 0 Å². The topological polar surface area (TPSA) is 93.4 Å². The lowest BCUT2D eigenvalue weighted by Gasteiger charge is -2.17. The maximum absolute atomic E-state index is 12.9. The minimum absolute atomic E-state index is 0.135. The van der Waals surface area contributed by atoms with E-state index in [1.165, 1.54) is 33.5 Å². The van der Waals surface area contributed by atoms with Crippen LogP contribution in [0.1, 0.15) is 35.3 Å². The number of carbonyl (C=O) groups excluding carboxylic acids is 1. The zero-order valence-electron chi connectivity index (χ0n) is 18.9. The van der Waals surface area contributed by atoms with Crippen molar-refractivity contribution < 1.29 is 32.9 Å². The number of hydrogen-bond donors (Lipinski definition) is 0. The Bertz CT molecular complexity index is 1190. The number of carbonyl (C=O) groups is 1. The summed E-state index contributed by atoms with van der Waals surface area (Å²) in [5, 5.41) is 0.732. The van der Waals surface area contributed by atoms with E-state index < -0.39 is 11.6 Å². The largest absolute Gasteiger partial charge is 0.496 e. The van der Waals surface area contributed by atoms with E-state index in [4.69, 9.17) is 28.1 Å². The number of hydrogen-bond acceptors (Lipinski definition) is 8. The van der Waals surface area contributed by atoms with Crippen molar-refractivity contribution in [3.63, 3.8) is 0 Å². The molecule has 1 heterocycles. The van der Waals surface area contributed by atoms with E-state index >= 15 is 0 Å². The number of benzene rings is 2. The van der Waals surface area contributed by atoms with Crippen LogP contribution in [-0.4, -0.2) is 33.4 Å². The Morgan fingerprint density at radius 3 is 2.22 bits per heavy atom. The first-order valence-electron chi connectivity index (χ1n) is 9.99. The Morgan fingerprint density at radius 2 is 1.59 bits per heavy atom. The van der Waals surface area contributed by atoms with Gasteiger partial charge >= 0.3 is 11.6 Å². The van der Waals surface area contributed by atoms with Crippen molar-refractivity contribution in [3.8, 4) is 23.0 Å². The summed E-state index contributed by atoms with van der Waals surface area (Å²) in [5.41, 5.74) is 1.20. The highest BCUT2D eigenvalue weighted by Crippen LogP contribution is 2.36. The molecule has 3 aromatic rings. The van der Waals surface area contributed by atoms with Crippen LogP contribution in [0.25, 0.3) is 11.0 Å². The smallest absolute Gasteiger partial charge is 0.342 e. The average Bonchev–Trinajstić information content (AvgIpc) is 2.76. The molecule has 8 nitrogen and oxygen atoms in total. The summed E-state index contributed by atoms with van der Waals surface area (Å²) in [6.07, 6.45) is -0.135. The van der Waals surface area contributed by atoms with Crippen LogP contribution in [0.4, 0.5) is 0 Å². The predicted molar refractivity (Wildman–Crippen MR) is 118 cm³/mol. The normalized spacial score (nSPS) is 10.8. The molecule has 0 amide bonds. The molecule has 0 aliphatic carbocycles. The minimum Gasteiger partial charge on any atom is -0.496 e. The van der Waals surface area contributed by atoms with Crippen molar-refractivity contribution in [1.29, 1.82) is 0 Å².